The molecule has 92 valence electrons. The number of thioether (sulfide) groups is 1. The Hall–Kier alpha value is -2.08. The average Bonchev–Trinajstić information content (AvgIpc) is 2.37. The molecule has 0 aliphatic heterocycles. The van der Waals surface area contributed by atoms with Crippen molar-refractivity contribution in [3.05, 3.63) is 47.7 Å². The van der Waals surface area contributed by atoms with Gasteiger partial charge in [0, 0.05) is 11.9 Å². The molecule has 1 heterocycles. The fourth-order valence-electron chi connectivity index (χ4n) is 1.34. The van der Waals surface area contributed by atoms with Gasteiger partial charge < -0.3 is 5.11 Å². The van der Waals surface area contributed by atoms with Gasteiger partial charge in [0.25, 0.3) is 5.84 Å². The third kappa shape index (κ3) is 3.21. The van der Waals surface area contributed by atoms with Crippen LogP contribution in [0.1, 0.15) is 11.1 Å². The third-order valence-electron chi connectivity index (χ3n) is 2.26. The highest BCUT2D eigenvalue weighted by molar-refractivity contribution is 7.98. The van der Waals surface area contributed by atoms with Crippen LogP contribution in [0.5, 0.6) is 5.88 Å². The highest BCUT2D eigenvalue weighted by Crippen LogP contribution is 2.19. The second-order valence-corrected chi connectivity index (χ2v) is 4.56. The van der Waals surface area contributed by atoms with Crippen molar-refractivity contribution >= 4 is 17.6 Å². The predicted molar refractivity (Wildman–Crippen MR) is 67.7 cm³/mol. The van der Waals surface area contributed by atoms with E-state index in [2.05, 4.69) is 9.97 Å². The standard InChI is InChI=1S/C12H12N4OS/c13-11(14)9-3-1-8(2-4-9)7-18-12-15-6-5-10(17)16-12/h1-6H,7H2,(H3,13,14)(H,15,16,17). The quantitative estimate of drug-likeness (QED) is 0.328. The summed E-state index contributed by atoms with van der Waals surface area (Å²) >= 11 is 1.41. The first kappa shape index (κ1) is 12.4. The molecule has 6 heteroatoms. The second-order valence-electron chi connectivity index (χ2n) is 3.62. The van der Waals surface area contributed by atoms with Crippen LogP contribution < -0.4 is 16.2 Å². The molecule has 0 bridgehead atoms. The number of nitrogens with zero attached hydrogens (tertiary/aromatic N) is 2. The monoisotopic (exact) mass is 260 g/mol. The van der Waals surface area contributed by atoms with Crippen molar-refractivity contribution in [3.63, 3.8) is 0 Å². The number of rotatable bonds is 4. The smallest absolute Gasteiger partial charge is 0.270 e. The minimum absolute atomic E-state index is 0.270. The van der Waals surface area contributed by atoms with Gasteiger partial charge in [0.2, 0.25) is 0 Å². The van der Waals surface area contributed by atoms with E-state index < -0.39 is 0 Å². The molecular weight excluding hydrogens is 248 g/mol. The van der Waals surface area contributed by atoms with Gasteiger partial charge >= 0.3 is 0 Å². The SMILES string of the molecule is NC(=[NH2+])c1ccc(CSc2nccc([O-])n2)cc1. The molecule has 1 aromatic carbocycles. The van der Waals surface area contributed by atoms with E-state index in [1.54, 1.807) is 0 Å². The highest BCUT2D eigenvalue weighted by atomic mass is 32.2. The molecule has 0 aliphatic carbocycles. The third-order valence-corrected chi connectivity index (χ3v) is 3.20. The summed E-state index contributed by atoms with van der Waals surface area (Å²) in [6.45, 7) is 0. The van der Waals surface area contributed by atoms with Gasteiger partial charge in [0.05, 0.1) is 5.56 Å². The summed E-state index contributed by atoms with van der Waals surface area (Å²) in [7, 11) is 0. The van der Waals surface area contributed by atoms with E-state index in [-0.39, 0.29) is 5.88 Å². The molecule has 0 atom stereocenters. The molecule has 0 saturated heterocycles. The van der Waals surface area contributed by atoms with E-state index in [1.165, 1.54) is 24.0 Å². The Morgan fingerprint density at radius 1 is 1.28 bits per heavy atom. The molecule has 18 heavy (non-hydrogen) atoms. The summed E-state index contributed by atoms with van der Waals surface area (Å²) in [6, 6.07) is 8.91. The number of nitrogens with two attached hydrogens (primary N) is 2. The molecule has 0 amide bonds. The molecule has 5 nitrogen and oxygen atoms in total. The maximum Gasteiger partial charge on any atom is 0.270 e. The van der Waals surface area contributed by atoms with Crippen molar-refractivity contribution < 1.29 is 10.5 Å². The Labute approximate surface area is 109 Å². The van der Waals surface area contributed by atoms with Gasteiger partial charge in [-0.1, -0.05) is 23.9 Å². The molecule has 0 aliphatic rings. The Balaban J connectivity index is 2.00. The van der Waals surface area contributed by atoms with E-state index >= 15 is 0 Å². The summed E-state index contributed by atoms with van der Waals surface area (Å²) in [4.78, 5) is 7.79. The van der Waals surface area contributed by atoms with Gasteiger partial charge in [-0.15, -0.1) is 0 Å². The van der Waals surface area contributed by atoms with Crippen LogP contribution in [-0.4, -0.2) is 15.8 Å². The second kappa shape index (κ2) is 5.50. The van der Waals surface area contributed by atoms with Crippen LogP contribution in [0.15, 0.2) is 41.7 Å². The molecule has 0 saturated carbocycles. The Bertz CT molecular complexity index is 556. The maximum absolute atomic E-state index is 11.0. The van der Waals surface area contributed by atoms with Gasteiger partial charge in [0.15, 0.2) is 5.16 Å². The molecule has 0 unspecified atom stereocenters. The van der Waals surface area contributed by atoms with Gasteiger partial charge in [0.1, 0.15) is 0 Å². The number of amidine groups is 1. The van der Waals surface area contributed by atoms with Crippen molar-refractivity contribution in [2.45, 2.75) is 10.9 Å². The number of hydrogen-bond donors (Lipinski definition) is 2. The van der Waals surface area contributed by atoms with Gasteiger partial charge in [-0.3, -0.25) is 11.1 Å². The molecule has 4 N–H and O–H groups in total. The van der Waals surface area contributed by atoms with Gasteiger partial charge in [-0.05, 0) is 29.6 Å². The van der Waals surface area contributed by atoms with E-state index in [0.29, 0.717) is 16.7 Å². The van der Waals surface area contributed by atoms with Crippen LogP contribution in [0.25, 0.3) is 0 Å². The van der Waals surface area contributed by atoms with Crippen LogP contribution in [0, 0.1) is 0 Å². The highest BCUT2D eigenvalue weighted by Gasteiger charge is 2.02. The summed E-state index contributed by atoms with van der Waals surface area (Å²) in [5.74, 6) is 0.721. The largest absolute Gasteiger partial charge is 0.859 e. The van der Waals surface area contributed by atoms with Crippen LogP contribution in [-0.2, 0) is 5.75 Å². The first-order chi connectivity index (χ1) is 8.65. The predicted octanol–water partition coefficient (Wildman–Crippen LogP) is -0.693. The Morgan fingerprint density at radius 3 is 2.61 bits per heavy atom. The van der Waals surface area contributed by atoms with Crippen molar-refractivity contribution in [1.82, 2.24) is 9.97 Å². The van der Waals surface area contributed by atoms with Crippen molar-refractivity contribution in [2.75, 3.05) is 0 Å². The molecule has 0 spiro atoms. The molecule has 0 radical (unpaired) electrons. The van der Waals surface area contributed by atoms with Crippen LogP contribution in [0.4, 0.5) is 0 Å². The zero-order valence-corrected chi connectivity index (χ0v) is 10.4. The fraction of sp³-hybridized carbons (Fsp3) is 0.0833. The van der Waals surface area contributed by atoms with Gasteiger partial charge in [-0.25, -0.2) is 9.97 Å². The van der Waals surface area contributed by atoms with Gasteiger partial charge in [-0.2, -0.15) is 0 Å². The minimum atomic E-state index is -0.270. The minimum Gasteiger partial charge on any atom is -0.859 e. The van der Waals surface area contributed by atoms with Crippen molar-refractivity contribution in [2.24, 2.45) is 5.73 Å². The van der Waals surface area contributed by atoms with E-state index in [0.717, 1.165) is 11.1 Å². The first-order valence-electron chi connectivity index (χ1n) is 5.25. The lowest BCUT2D eigenvalue weighted by Crippen LogP contribution is -2.46. The summed E-state index contributed by atoms with van der Waals surface area (Å²) < 4.78 is 0. The first-order valence-corrected chi connectivity index (χ1v) is 6.24. The molecule has 2 aromatic rings. The number of hydrogen-bond acceptors (Lipinski definition) is 4. The molecule has 2 rings (SSSR count). The van der Waals surface area contributed by atoms with E-state index in [9.17, 15) is 5.11 Å². The molecule has 0 fully saturated rings. The summed E-state index contributed by atoms with van der Waals surface area (Å²) in [6.07, 6.45) is 1.46. The zero-order valence-electron chi connectivity index (χ0n) is 9.54. The van der Waals surface area contributed by atoms with Crippen LogP contribution >= 0.6 is 11.8 Å². The summed E-state index contributed by atoms with van der Waals surface area (Å²) in [5, 5.41) is 17.0. The van der Waals surface area contributed by atoms with E-state index in [4.69, 9.17) is 11.1 Å². The average molecular weight is 260 g/mol. The fourth-order valence-corrected chi connectivity index (χ4v) is 2.11. The van der Waals surface area contributed by atoms with Crippen LogP contribution in [0.2, 0.25) is 0 Å². The van der Waals surface area contributed by atoms with Crippen molar-refractivity contribution in [3.8, 4) is 5.88 Å². The van der Waals surface area contributed by atoms with E-state index in [1.807, 2.05) is 24.3 Å². The molecular formula is C12H12N4OS. The maximum atomic E-state index is 11.0. The topological polar surface area (TPSA) is 100 Å². The lowest BCUT2D eigenvalue weighted by molar-refractivity contribution is -0.275. The Kier molecular flexibility index (Phi) is 3.78. The number of benzene rings is 1. The van der Waals surface area contributed by atoms with Crippen LogP contribution in [0.3, 0.4) is 0 Å². The molecule has 1 aromatic heterocycles. The normalized spacial score (nSPS) is 10.2. The lowest BCUT2D eigenvalue weighted by atomic mass is 10.1. The number of aromatic nitrogens is 2. The lowest BCUT2D eigenvalue weighted by Gasteiger charge is -2.05. The zero-order chi connectivity index (χ0) is 13.0. The van der Waals surface area contributed by atoms with Crippen molar-refractivity contribution in [1.29, 1.82) is 0 Å². The Morgan fingerprint density at radius 2 is 2.00 bits per heavy atom. The summed E-state index contributed by atoms with van der Waals surface area (Å²) in [5.41, 5.74) is 7.37.